The van der Waals surface area contributed by atoms with Gasteiger partial charge < -0.3 is 25.4 Å². The summed E-state index contributed by atoms with van der Waals surface area (Å²) in [5.74, 6) is 0. The number of nitrogens with zero attached hydrogens (tertiary/aromatic N) is 1. The maximum atomic E-state index is 10.6. The molecule has 1 aromatic carbocycles. The number of hydrogen-bond donors (Lipinski definition) is 4. The summed E-state index contributed by atoms with van der Waals surface area (Å²) in [5, 5.41) is 41.6. The summed E-state index contributed by atoms with van der Waals surface area (Å²) in [4.78, 5) is 10.1. The number of aliphatic hydroxyl groups excluding tert-OH is 3. The largest absolute Gasteiger partial charge is 0.394 e. The summed E-state index contributed by atoms with van der Waals surface area (Å²) in [7, 11) is 0. The van der Waals surface area contributed by atoms with Crippen LogP contribution in [0.5, 0.6) is 0 Å². The van der Waals surface area contributed by atoms with Crippen LogP contribution in [0.15, 0.2) is 24.3 Å². The fraction of sp³-hybridized carbons (Fsp3) is 0.455. The Morgan fingerprint density at radius 3 is 2.68 bits per heavy atom. The van der Waals surface area contributed by atoms with Gasteiger partial charge in [-0.05, 0) is 6.07 Å². The lowest BCUT2D eigenvalue weighted by Gasteiger charge is -2.17. The Morgan fingerprint density at radius 2 is 2.11 bits per heavy atom. The summed E-state index contributed by atoms with van der Waals surface area (Å²) in [6, 6.07) is 5.68. The lowest BCUT2D eigenvalue weighted by Crippen LogP contribution is -2.36. The first-order chi connectivity index (χ1) is 9.02. The van der Waals surface area contributed by atoms with E-state index in [0.717, 1.165) is 0 Å². The maximum Gasteiger partial charge on any atom is 0.271 e. The van der Waals surface area contributed by atoms with Crippen molar-refractivity contribution in [3.05, 3.63) is 34.4 Å². The minimum absolute atomic E-state index is 0.100. The molecule has 0 aromatic heterocycles. The Hall–Kier alpha value is -1.74. The SMILES string of the molecule is O=[N+]([O-])c1cccc(N[C@H]2O[C@@H](CO)[C@@H](O)[C@H]2O)c1. The number of aliphatic hydroxyl groups is 3. The van der Waals surface area contributed by atoms with Crippen molar-refractivity contribution >= 4 is 11.4 Å². The van der Waals surface area contributed by atoms with Crippen LogP contribution in [0, 0.1) is 10.1 Å². The highest BCUT2D eigenvalue weighted by atomic mass is 16.6. The fourth-order valence-electron chi connectivity index (χ4n) is 1.89. The zero-order valence-electron chi connectivity index (χ0n) is 9.84. The molecule has 104 valence electrons. The average molecular weight is 270 g/mol. The number of nitrogens with one attached hydrogen (secondary N) is 1. The van der Waals surface area contributed by atoms with Crippen LogP contribution in [0.2, 0.25) is 0 Å². The van der Waals surface area contributed by atoms with Crippen molar-refractivity contribution in [2.45, 2.75) is 24.5 Å². The zero-order valence-corrected chi connectivity index (χ0v) is 9.84. The molecule has 0 unspecified atom stereocenters. The molecular formula is C11H14N2O6. The second-order valence-corrected chi connectivity index (χ2v) is 4.21. The molecule has 8 nitrogen and oxygen atoms in total. The summed E-state index contributed by atoms with van der Waals surface area (Å²) < 4.78 is 5.21. The van der Waals surface area contributed by atoms with Gasteiger partial charge in [0.25, 0.3) is 5.69 Å². The lowest BCUT2D eigenvalue weighted by molar-refractivity contribution is -0.384. The highest BCUT2D eigenvalue weighted by Crippen LogP contribution is 2.24. The number of anilines is 1. The maximum absolute atomic E-state index is 10.6. The van der Waals surface area contributed by atoms with E-state index < -0.39 is 36.1 Å². The highest BCUT2D eigenvalue weighted by molar-refractivity contribution is 5.51. The Morgan fingerprint density at radius 1 is 1.37 bits per heavy atom. The molecule has 0 saturated carbocycles. The fourth-order valence-corrected chi connectivity index (χ4v) is 1.89. The molecule has 1 fully saturated rings. The predicted molar refractivity (Wildman–Crippen MR) is 64.5 cm³/mol. The van der Waals surface area contributed by atoms with Crippen molar-refractivity contribution in [2.24, 2.45) is 0 Å². The van der Waals surface area contributed by atoms with E-state index in [0.29, 0.717) is 5.69 Å². The summed E-state index contributed by atoms with van der Waals surface area (Å²) in [6.45, 7) is -0.425. The summed E-state index contributed by atoms with van der Waals surface area (Å²) >= 11 is 0. The molecular weight excluding hydrogens is 256 g/mol. The van der Waals surface area contributed by atoms with Crippen LogP contribution in [0.3, 0.4) is 0 Å². The van der Waals surface area contributed by atoms with Crippen LogP contribution in [-0.4, -0.2) is 51.4 Å². The third-order valence-electron chi connectivity index (χ3n) is 2.91. The van der Waals surface area contributed by atoms with Gasteiger partial charge in [-0.2, -0.15) is 0 Å². The first-order valence-corrected chi connectivity index (χ1v) is 5.66. The highest BCUT2D eigenvalue weighted by Gasteiger charge is 2.42. The van der Waals surface area contributed by atoms with Gasteiger partial charge in [0.1, 0.15) is 18.3 Å². The minimum Gasteiger partial charge on any atom is -0.394 e. The summed E-state index contributed by atoms with van der Waals surface area (Å²) in [6.07, 6.45) is -4.25. The van der Waals surface area contributed by atoms with E-state index in [1.54, 1.807) is 6.07 Å². The first kappa shape index (κ1) is 13.7. The molecule has 2 rings (SSSR count). The van der Waals surface area contributed by atoms with Crippen molar-refractivity contribution in [2.75, 3.05) is 11.9 Å². The van der Waals surface area contributed by atoms with Crippen molar-refractivity contribution in [3.8, 4) is 0 Å². The topological polar surface area (TPSA) is 125 Å². The van der Waals surface area contributed by atoms with Gasteiger partial charge in [-0.25, -0.2) is 0 Å². The van der Waals surface area contributed by atoms with Crippen LogP contribution in [-0.2, 0) is 4.74 Å². The number of non-ortho nitro benzene ring substituents is 1. The second kappa shape index (κ2) is 5.49. The third kappa shape index (κ3) is 2.82. The molecule has 1 aliphatic rings. The van der Waals surface area contributed by atoms with E-state index in [-0.39, 0.29) is 5.69 Å². The van der Waals surface area contributed by atoms with Crippen molar-refractivity contribution < 1.29 is 25.0 Å². The number of nitro benzene ring substituents is 1. The molecule has 0 amide bonds. The summed E-state index contributed by atoms with van der Waals surface area (Å²) in [5.41, 5.74) is 0.279. The van der Waals surface area contributed by atoms with Crippen LogP contribution in [0.4, 0.5) is 11.4 Å². The standard InChI is InChI=1S/C11H14N2O6/c14-5-8-9(15)10(16)11(19-8)12-6-2-1-3-7(4-6)13(17)18/h1-4,8-12,14-16H,5H2/t8-,9+,10+,11-/m0/s1. The van der Waals surface area contributed by atoms with Crippen LogP contribution in [0.25, 0.3) is 0 Å². The molecule has 4 N–H and O–H groups in total. The van der Waals surface area contributed by atoms with Gasteiger partial charge in [0.2, 0.25) is 0 Å². The monoisotopic (exact) mass is 270 g/mol. The molecule has 0 aliphatic carbocycles. The molecule has 1 saturated heterocycles. The van der Waals surface area contributed by atoms with Gasteiger partial charge in [0.15, 0.2) is 6.23 Å². The van der Waals surface area contributed by atoms with Crippen molar-refractivity contribution in [3.63, 3.8) is 0 Å². The van der Waals surface area contributed by atoms with Crippen molar-refractivity contribution in [1.82, 2.24) is 0 Å². The van der Waals surface area contributed by atoms with Crippen LogP contribution < -0.4 is 5.32 Å². The Kier molecular flexibility index (Phi) is 3.96. The van der Waals surface area contributed by atoms with E-state index in [4.69, 9.17) is 9.84 Å². The Labute approximate surface area is 108 Å². The molecule has 0 radical (unpaired) electrons. The molecule has 1 heterocycles. The number of ether oxygens (including phenoxy) is 1. The molecule has 4 atom stereocenters. The van der Waals surface area contributed by atoms with E-state index in [2.05, 4.69) is 5.32 Å². The smallest absolute Gasteiger partial charge is 0.271 e. The Balaban J connectivity index is 2.09. The number of hydrogen-bond acceptors (Lipinski definition) is 7. The van der Waals surface area contributed by atoms with Gasteiger partial charge in [-0.15, -0.1) is 0 Å². The third-order valence-corrected chi connectivity index (χ3v) is 2.91. The van der Waals surface area contributed by atoms with E-state index >= 15 is 0 Å². The molecule has 0 bridgehead atoms. The molecule has 0 spiro atoms. The molecule has 19 heavy (non-hydrogen) atoms. The minimum atomic E-state index is -1.23. The number of nitro groups is 1. The van der Waals surface area contributed by atoms with Gasteiger partial charge >= 0.3 is 0 Å². The second-order valence-electron chi connectivity index (χ2n) is 4.21. The van der Waals surface area contributed by atoms with E-state index in [1.165, 1.54) is 18.2 Å². The van der Waals surface area contributed by atoms with Gasteiger partial charge in [-0.3, -0.25) is 10.1 Å². The van der Waals surface area contributed by atoms with Crippen LogP contribution in [0.1, 0.15) is 0 Å². The molecule has 1 aliphatic heterocycles. The van der Waals surface area contributed by atoms with Gasteiger partial charge in [0, 0.05) is 17.8 Å². The van der Waals surface area contributed by atoms with Gasteiger partial charge in [-0.1, -0.05) is 6.07 Å². The first-order valence-electron chi connectivity index (χ1n) is 5.66. The number of benzene rings is 1. The zero-order chi connectivity index (χ0) is 14.0. The molecule has 1 aromatic rings. The van der Waals surface area contributed by atoms with Gasteiger partial charge in [0.05, 0.1) is 11.5 Å². The van der Waals surface area contributed by atoms with Crippen LogP contribution >= 0.6 is 0 Å². The normalized spacial score (nSPS) is 30.3. The average Bonchev–Trinajstić information content (AvgIpc) is 2.67. The predicted octanol–water partition coefficient (Wildman–Crippen LogP) is -0.554. The van der Waals surface area contributed by atoms with E-state index in [1.807, 2.05) is 0 Å². The Bertz CT molecular complexity index is 468. The lowest BCUT2D eigenvalue weighted by atomic mass is 10.1. The van der Waals surface area contributed by atoms with E-state index in [9.17, 15) is 20.3 Å². The van der Waals surface area contributed by atoms with Crippen molar-refractivity contribution in [1.29, 1.82) is 0 Å². The number of rotatable bonds is 4. The molecule has 8 heteroatoms. The quantitative estimate of drug-likeness (QED) is 0.427.